The van der Waals surface area contributed by atoms with Crippen molar-refractivity contribution in [2.75, 3.05) is 86.4 Å². The summed E-state index contributed by atoms with van der Waals surface area (Å²) in [4.78, 5) is 11.6. The molecule has 0 bridgehead atoms. The highest BCUT2D eigenvalue weighted by Gasteiger charge is 2.02. The quantitative estimate of drug-likeness (QED) is 0.146. The second-order valence-corrected chi connectivity index (χ2v) is 7.15. The zero-order valence-corrected chi connectivity index (χ0v) is 19.9. The van der Waals surface area contributed by atoms with E-state index in [4.69, 9.17) is 33.2 Å². The van der Waals surface area contributed by atoms with Crippen LogP contribution in [0.2, 0.25) is 0 Å². The topological polar surface area (TPSA) is 81.7 Å². The number of carbonyl (C=O) groups excluding carboxylic acids is 1. The van der Waals surface area contributed by atoms with Crippen LogP contribution in [0, 0.1) is 0 Å². The van der Waals surface area contributed by atoms with Gasteiger partial charge >= 0.3 is 5.97 Å². The summed E-state index contributed by atoms with van der Waals surface area (Å²) in [5, 5.41) is 0. The van der Waals surface area contributed by atoms with E-state index in [0.29, 0.717) is 85.7 Å². The highest BCUT2D eigenvalue weighted by atomic mass is 16.6. The Bertz CT molecular complexity index is 354. The Balaban J connectivity index is 3.11. The standard InChI is InChI=1S/C23H46O8/c1-3-4-5-6-7-8-9-10-23(24)31-22-21-30-20-19-29-18-17-28-16-15-27-14-13-26-12-11-25-2/h3-22H2,1-2H3. The molecule has 0 saturated heterocycles. The van der Waals surface area contributed by atoms with Gasteiger partial charge in [-0.2, -0.15) is 0 Å². The Labute approximate surface area is 189 Å². The minimum absolute atomic E-state index is 0.131. The van der Waals surface area contributed by atoms with Gasteiger partial charge in [0.05, 0.1) is 72.7 Å². The van der Waals surface area contributed by atoms with Crippen LogP contribution in [-0.4, -0.2) is 92.4 Å². The second-order valence-electron chi connectivity index (χ2n) is 7.15. The summed E-state index contributed by atoms with van der Waals surface area (Å²) in [6, 6.07) is 0. The number of hydrogen-bond donors (Lipinski definition) is 0. The molecule has 0 heterocycles. The number of rotatable bonds is 26. The van der Waals surface area contributed by atoms with Crippen molar-refractivity contribution < 1.29 is 38.0 Å². The highest BCUT2D eigenvalue weighted by Crippen LogP contribution is 2.08. The maximum Gasteiger partial charge on any atom is 0.305 e. The fourth-order valence-corrected chi connectivity index (χ4v) is 2.64. The van der Waals surface area contributed by atoms with Crippen molar-refractivity contribution in [1.82, 2.24) is 0 Å². The van der Waals surface area contributed by atoms with Gasteiger partial charge in [-0.25, -0.2) is 0 Å². The van der Waals surface area contributed by atoms with Crippen molar-refractivity contribution in [2.24, 2.45) is 0 Å². The number of unbranched alkanes of at least 4 members (excludes halogenated alkanes) is 6. The van der Waals surface area contributed by atoms with Crippen LogP contribution in [0.15, 0.2) is 0 Å². The van der Waals surface area contributed by atoms with E-state index in [1.54, 1.807) is 7.11 Å². The Kier molecular flexibility index (Phi) is 26.6. The molecule has 0 unspecified atom stereocenters. The predicted molar refractivity (Wildman–Crippen MR) is 120 cm³/mol. The van der Waals surface area contributed by atoms with E-state index in [1.807, 2.05) is 0 Å². The van der Waals surface area contributed by atoms with Crippen LogP contribution in [0.25, 0.3) is 0 Å². The minimum Gasteiger partial charge on any atom is -0.463 e. The second kappa shape index (κ2) is 27.3. The third-order valence-electron chi connectivity index (χ3n) is 4.40. The number of hydrogen-bond acceptors (Lipinski definition) is 8. The number of methoxy groups -OCH3 is 1. The van der Waals surface area contributed by atoms with E-state index in [1.165, 1.54) is 32.1 Å². The van der Waals surface area contributed by atoms with Crippen molar-refractivity contribution in [3.8, 4) is 0 Å². The van der Waals surface area contributed by atoms with Gasteiger partial charge in [0, 0.05) is 13.5 Å². The molecule has 0 N–H and O–H groups in total. The van der Waals surface area contributed by atoms with Crippen molar-refractivity contribution in [3.63, 3.8) is 0 Å². The number of carbonyl (C=O) groups is 1. The normalized spacial score (nSPS) is 11.2. The van der Waals surface area contributed by atoms with Crippen LogP contribution in [0.3, 0.4) is 0 Å². The van der Waals surface area contributed by atoms with E-state index in [-0.39, 0.29) is 5.97 Å². The third-order valence-corrected chi connectivity index (χ3v) is 4.40. The first-order chi connectivity index (χ1) is 15.3. The van der Waals surface area contributed by atoms with E-state index in [2.05, 4.69) is 6.92 Å². The monoisotopic (exact) mass is 450 g/mol. The molecule has 0 amide bonds. The van der Waals surface area contributed by atoms with E-state index in [9.17, 15) is 4.79 Å². The number of esters is 1. The van der Waals surface area contributed by atoms with E-state index in [0.717, 1.165) is 12.8 Å². The third kappa shape index (κ3) is 27.2. The van der Waals surface area contributed by atoms with Crippen LogP contribution < -0.4 is 0 Å². The summed E-state index contributed by atoms with van der Waals surface area (Å²) in [7, 11) is 1.64. The maximum atomic E-state index is 11.6. The first-order valence-electron chi connectivity index (χ1n) is 11.8. The van der Waals surface area contributed by atoms with Gasteiger partial charge in [-0.1, -0.05) is 45.4 Å². The molecule has 31 heavy (non-hydrogen) atoms. The van der Waals surface area contributed by atoms with Crippen molar-refractivity contribution in [2.45, 2.75) is 58.3 Å². The molecular weight excluding hydrogens is 404 g/mol. The number of ether oxygens (including phenoxy) is 7. The lowest BCUT2D eigenvalue weighted by Gasteiger charge is -2.08. The maximum absolute atomic E-state index is 11.6. The molecule has 0 aliphatic carbocycles. The van der Waals surface area contributed by atoms with E-state index < -0.39 is 0 Å². The zero-order chi connectivity index (χ0) is 22.7. The first-order valence-corrected chi connectivity index (χ1v) is 11.8. The molecular formula is C23H46O8. The molecule has 0 aliphatic rings. The Morgan fingerprint density at radius 3 is 1.35 bits per heavy atom. The molecule has 0 aromatic heterocycles. The van der Waals surface area contributed by atoms with Gasteiger partial charge in [0.2, 0.25) is 0 Å². The first kappa shape index (κ1) is 30.2. The summed E-state index contributed by atoms with van der Waals surface area (Å²) in [6.07, 6.45) is 8.87. The summed E-state index contributed by atoms with van der Waals surface area (Å²) in [5.74, 6) is -0.131. The molecule has 0 aromatic carbocycles. The highest BCUT2D eigenvalue weighted by molar-refractivity contribution is 5.69. The van der Waals surface area contributed by atoms with Crippen molar-refractivity contribution in [1.29, 1.82) is 0 Å². The molecule has 8 nitrogen and oxygen atoms in total. The molecule has 0 saturated carbocycles. The van der Waals surface area contributed by atoms with Crippen molar-refractivity contribution >= 4 is 5.97 Å². The average Bonchev–Trinajstić information content (AvgIpc) is 2.77. The van der Waals surface area contributed by atoms with E-state index >= 15 is 0 Å². The van der Waals surface area contributed by atoms with Crippen LogP contribution in [-0.2, 0) is 38.0 Å². The molecule has 0 atom stereocenters. The van der Waals surface area contributed by atoms with Crippen LogP contribution in [0.1, 0.15) is 58.3 Å². The van der Waals surface area contributed by atoms with Gasteiger partial charge in [-0.3, -0.25) is 4.79 Å². The fourth-order valence-electron chi connectivity index (χ4n) is 2.64. The predicted octanol–water partition coefficient (Wildman–Crippen LogP) is 3.40. The van der Waals surface area contributed by atoms with Gasteiger partial charge in [-0.05, 0) is 6.42 Å². The molecule has 0 fully saturated rings. The van der Waals surface area contributed by atoms with Gasteiger partial charge in [-0.15, -0.1) is 0 Å². The summed E-state index contributed by atoms with van der Waals surface area (Å²) in [6.45, 7) is 8.27. The lowest BCUT2D eigenvalue weighted by Crippen LogP contribution is -2.15. The largest absolute Gasteiger partial charge is 0.463 e. The smallest absolute Gasteiger partial charge is 0.305 e. The molecule has 186 valence electrons. The molecule has 0 aliphatic heterocycles. The zero-order valence-electron chi connectivity index (χ0n) is 19.9. The van der Waals surface area contributed by atoms with Gasteiger partial charge in [0.15, 0.2) is 0 Å². The molecule has 8 heteroatoms. The lowest BCUT2D eigenvalue weighted by molar-refractivity contribution is -0.145. The minimum atomic E-state index is -0.131. The Hall–Kier alpha value is -0.770. The Morgan fingerprint density at radius 1 is 0.516 bits per heavy atom. The molecule has 0 spiro atoms. The molecule has 0 aromatic rings. The van der Waals surface area contributed by atoms with Gasteiger partial charge < -0.3 is 33.2 Å². The average molecular weight is 451 g/mol. The molecule has 0 radical (unpaired) electrons. The van der Waals surface area contributed by atoms with Crippen LogP contribution >= 0.6 is 0 Å². The van der Waals surface area contributed by atoms with Crippen LogP contribution in [0.4, 0.5) is 0 Å². The lowest BCUT2D eigenvalue weighted by atomic mass is 10.1. The molecule has 0 rings (SSSR count). The summed E-state index contributed by atoms with van der Waals surface area (Å²) in [5.41, 5.74) is 0. The van der Waals surface area contributed by atoms with Crippen molar-refractivity contribution in [3.05, 3.63) is 0 Å². The fraction of sp³-hybridized carbons (Fsp3) is 0.957. The van der Waals surface area contributed by atoms with Gasteiger partial charge in [0.1, 0.15) is 6.61 Å². The summed E-state index contributed by atoms with van der Waals surface area (Å²) < 4.78 is 36.9. The summed E-state index contributed by atoms with van der Waals surface area (Å²) >= 11 is 0. The van der Waals surface area contributed by atoms with Crippen LogP contribution in [0.5, 0.6) is 0 Å². The Morgan fingerprint density at radius 2 is 0.903 bits per heavy atom. The van der Waals surface area contributed by atoms with Gasteiger partial charge in [0.25, 0.3) is 0 Å². The SMILES string of the molecule is CCCCCCCCCC(=O)OCCOCCOCCOCCOCCOCCOC.